The first-order valence-corrected chi connectivity index (χ1v) is 11.5. The molecule has 160 valence electrons. The number of benzene rings is 4. The Morgan fingerprint density at radius 3 is 2.09 bits per heavy atom. The van der Waals surface area contributed by atoms with Crippen LogP contribution in [0.25, 0.3) is 55.3 Å². The van der Waals surface area contributed by atoms with Gasteiger partial charge in [-0.2, -0.15) is 0 Å². The Labute approximate surface area is 197 Å². The fourth-order valence-electron chi connectivity index (χ4n) is 4.99. The van der Waals surface area contributed by atoms with Crippen molar-refractivity contribution in [3.63, 3.8) is 0 Å². The van der Waals surface area contributed by atoms with Gasteiger partial charge < -0.3 is 9.13 Å². The lowest BCUT2D eigenvalue weighted by Crippen LogP contribution is -1.94. The lowest BCUT2D eigenvalue weighted by molar-refractivity contribution is 1.10. The molecule has 3 nitrogen and oxygen atoms in total. The molecule has 34 heavy (non-hydrogen) atoms. The van der Waals surface area contributed by atoms with Crippen LogP contribution in [-0.4, -0.2) is 14.1 Å². The van der Waals surface area contributed by atoms with Gasteiger partial charge in [0, 0.05) is 33.6 Å². The zero-order valence-electron chi connectivity index (χ0n) is 18.5. The first-order chi connectivity index (χ1) is 16.9. The van der Waals surface area contributed by atoms with Gasteiger partial charge in [0.05, 0.1) is 34.1 Å². The standard InChI is InChI=1S/C31H21N3/c1-3-9-22(10-4-1)28-16-15-25(21-32-28)33-18-17-23-19-31-27(20-30(23)33)26-13-7-8-14-29(26)34(31)24-11-5-2-6-12-24/h1-21H. The Kier molecular flexibility index (Phi) is 4.15. The van der Waals surface area contributed by atoms with Gasteiger partial charge in [-0.25, -0.2) is 0 Å². The summed E-state index contributed by atoms with van der Waals surface area (Å²) in [5.41, 5.74) is 7.95. The molecule has 0 spiro atoms. The molecule has 0 bridgehead atoms. The normalized spacial score (nSPS) is 11.5. The van der Waals surface area contributed by atoms with Crippen molar-refractivity contribution in [2.45, 2.75) is 0 Å². The predicted molar refractivity (Wildman–Crippen MR) is 141 cm³/mol. The van der Waals surface area contributed by atoms with Gasteiger partial charge in [-0.15, -0.1) is 0 Å². The summed E-state index contributed by atoms with van der Waals surface area (Å²) in [6, 6.07) is 40.6. The molecule has 0 aliphatic carbocycles. The molecule has 3 heteroatoms. The molecular weight excluding hydrogens is 414 g/mol. The Hall–Kier alpha value is -4.63. The van der Waals surface area contributed by atoms with Gasteiger partial charge in [0.2, 0.25) is 0 Å². The minimum Gasteiger partial charge on any atom is -0.315 e. The topological polar surface area (TPSA) is 22.8 Å². The van der Waals surface area contributed by atoms with Gasteiger partial charge in [-0.05, 0) is 48.5 Å². The summed E-state index contributed by atoms with van der Waals surface area (Å²) < 4.78 is 4.59. The molecule has 3 heterocycles. The highest BCUT2D eigenvalue weighted by Gasteiger charge is 2.14. The molecule has 0 aliphatic heterocycles. The van der Waals surface area contributed by atoms with Crippen molar-refractivity contribution in [3.05, 3.63) is 128 Å². The zero-order chi connectivity index (χ0) is 22.5. The highest BCUT2D eigenvalue weighted by atomic mass is 15.0. The molecule has 7 rings (SSSR count). The van der Waals surface area contributed by atoms with Gasteiger partial charge in [0.1, 0.15) is 0 Å². The number of pyridine rings is 1. The molecule has 0 radical (unpaired) electrons. The van der Waals surface area contributed by atoms with E-state index >= 15 is 0 Å². The van der Waals surface area contributed by atoms with E-state index in [1.165, 1.54) is 38.4 Å². The lowest BCUT2D eigenvalue weighted by Gasteiger charge is -2.09. The van der Waals surface area contributed by atoms with E-state index in [2.05, 4.69) is 112 Å². The summed E-state index contributed by atoms with van der Waals surface area (Å²) in [7, 11) is 0. The van der Waals surface area contributed by atoms with Crippen LogP contribution in [0.1, 0.15) is 0 Å². The Morgan fingerprint density at radius 1 is 0.529 bits per heavy atom. The van der Waals surface area contributed by atoms with Crippen LogP contribution in [0.15, 0.2) is 128 Å². The van der Waals surface area contributed by atoms with E-state index in [4.69, 9.17) is 4.98 Å². The molecule has 0 saturated carbocycles. The van der Waals surface area contributed by atoms with E-state index in [0.717, 1.165) is 16.9 Å². The van der Waals surface area contributed by atoms with E-state index in [-0.39, 0.29) is 0 Å². The SMILES string of the molecule is c1ccc(-c2ccc(-n3ccc4cc5c(cc43)c3ccccc3n5-c3ccccc3)cn2)cc1. The summed E-state index contributed by atoms with van der Waals surface area (Å²) in [6.07, 6.45) is 4.09. The minimum atomic E-state index is 0.981. The van der Waals surface area contributed by atoms with Crippen LogP contribution in [0.5, 0.6) is 0 Å². The number of nitrogens with zero attached hydrogens (tertiary/aromatic N) is 3. The highest BCUT2D eigenvalue weighted by molar-refractivity contribution is 6.13. The second-order valence-electron chi connectivity index (χ2n) is 8.57. The summed E-state index contributed by atoms with van der Waals surface area (Å²) in [6.45, 7) is 0. The third-order valence-electron chi connectivity index (χ3n) is 6.59. The maximum absolute atomic E-state index is 4.74. The Bertz CT molecular complexity index is 1770. The largest absolute Gasteiger partial charge is 0.315 e. The molecule has 0 unspecified atom stereocenters. The minimum absolute atomic E-state index is 0.981. The fourth-order valence-corrected chi connectivity index (χ4v) is 4.99. The third kappa shape index (κ3) is 2.87. The third-order valence-corrected chi connectivity index (χ3v) is 6.59. The van der Waals surface area contributed by atoms with Crippen molar-refractivity contribution < 1.29 is 0 Å². The summed E-state index contributed by atoms with van der Waals surface area (Å²) in [5, 5.41) is 3.72. The number of rotatable bonds is 3. The number of aromatic nitrogens is 3. The molecule has 0 fully saturated rings. The van der Waals surface area contributed by atoms with Crippen molar-refractivity contribution in [1.29, 1.82) is 0 Å². The predicted octanol–water partition coefficient (Wildman–Crippen LogP) is 7.79. The zero-order valence-corrected chi connectivity index (χ0v) is 18.5. The van der Waals surface area contributed by atoms with E-state index in [0.29, 0.717) is 0 Å². The first-order valence-electron chi connectivity index (χ1n) is 11.5. The number of fused-ring (bicyclic) bond motifs is 4. The van der Waals surface area contributed by atoms with Crippen LogP contribution >= 0.6 is 0 Å². The maximum Gasteiger partial charge on any atom is 0.0703 e. The average Bonchev–Trinajstić information content (AvgIpc) is 3.47. The van der Waals surface area contributed by atoms with Crippen molar-refractivity contribution in [2.75, 3.05) is 0 Å². The molecule has 3 aromatic heterocycles. The van der Waals surface area contributed by atoms with E-state index in [1.54, 1.807) is 0 Å². The summed E-state index contributed by atoms with van der Waals surface area (Å²) in [5.74, 6) is 0. The number of para-hydroxylation sites is 2. The molecule has 0 saturated heterocycles. The van der Waals surface area contributed by atoms with E-state index < -0.39 is 0 Å². The van der Waals surface area contributed by atoms with Crippen molar-refractivity contribution in [2.24, 2.45) is 0 Å². The second-order valence-corrected chi connectivity index (χ2v) is 8.57. The molecule has 4 aromatic carbocycles. The van der Waals surface area contributed by atoms with Crippen LogP contribution in [0.4, 0.5) is 0 Å². The molecule has 0 N–H and O–H groups in total. The second kappa shape index (κ2) is 7.46. The number of hydrogen-bond donors (Lipinski definition) is 0. The average molecular weight is 436 g/mol. The maximum atomic E-state index is 4.74. The molecule has 7 aromatic rings. The van der Waals surface area contributed by atoms with Crippen molar-refractivity contribution in [1.82, 2.24) is 14.1 Å². The molecule has 0 aliphatic rings. The Morgan fingerprint density at radius 2 is 1.29 bits per heavy atom. The van der Waals surface area contributed by atoms with E-state index in [1.807, 2.05) is 24.4 Å². The van der Waals surface area contributed by atoms with Crippen LogP contribution < -0.4 is 0 Å². The smallest absolute Gasteiger partial charge is 0.0703 e. The first kappa shape index (κ1) is 18.9. The molecule has 0 atom stereocenters. The summed E-state index contributed by atoms with van der Waals surface area (Å²) in [4.78, 5) is 4.74. The fraction of sp³-hybridized carbons (Fsp3) is 0. The molecule has 0 amide bonds. The van der Waals surface area contributed by atoms with Crippen molar-refractivity contribution in [3.8, 4) is 22.6 Å². The Balaban J connectivity index is 1.43. The quantitative estimate of drug-likeness (QED) is 0.278. The van der Waals surface area contributed by atoms with E-state index in [9.17, 15) is 0 Å². The van der Waals surface area contributed by atoms with Gasteiger partial charge in [-0.3, -0.25) is 4.98 Å². The van der Waals surface area contributed by atoms with Crippen LogP contribution in [0.2, 0.25) is 0 Å². The van der Waals surface area contributed by atoms with Gasteiger partial charge in [0.15, 0.2) is 0 Å². The van der Waals surface area contributed by atoms with Crippen LogP contribution in [-0.2, 0) is 0 Å². The van der Waals surface area contributed by atoms with Gasteiger partial charge in [-0.1, -0.05) is 66.7 Å². The summed E-state index contributed by atoms with van der Waals surface area (Å²) >= 11 is 0. The monoisotopic (exact) mass is 435 g/mol. The van der Waals surface area contributed by atoms with Crippen LogP contribution in [0.3, 0.4) is 0 Å². The van der Waals surface area contributed by atoms with Crippen LogP contribution in [0, 0.1) is 0 Å². The molecular formula is C31H21N3. The highest BCUT2D eigenvalue weighted by Crippen LogP contribution is 2.35. The van der Waals surface area contributed by atoms with Gasteiger partial charge >= 0.3 is 0 Å². The number of hydrogen-bond acceptors (Lipinski definition) is 1. The van der Waals surface area contributed by atoms with Gasteiger partial charge in [0.25, 0.3) is 0 Å². The van der Waals surface area contributed by atoms with Crippen molar-refractivity contribution >= 4 is 32.7 Å². The lowest BCUT2D eigenvalue weighted by atomic mass is 10.1.